The predicted octanol–water partition coefficient (Wildman–Crippen LogP) is 2.99. The fourth-order valence-corrected chi connectivity index (χ4v) is 2.96. The van der Waals surface area contributed by atoms with Gasteiger partial charge in [0, 0.05) is 26.2 Å². The molecule has 0 saturated carbocycles. The van der Waals surface area contributed by atoms with Gasteiger partial charge >= 0.3 is 0 Å². The summed E-state index contributed by atoms with van der Waals surface area (Å²) in [5, 5.41) is 6.60. The average Bonchev–Trinajstić information content (AvgIpc) is 3.19. The van der Waals surface area contributed by atoms with Crippen molar-refractivity contribution in [3.8, 4) is 0 Å². The van der Waals surface area contributed by atoms with Crippen molar-refractivity contribution in [1.29, 1.82) is 0 Å². The molecular weight excluding hydrogens is 455 g/mol. The second-order valence-corrected chi connectivity index (χ2v) is 6.29. The number of guanidine groups is 1. The van der Waals surface area contributed by atoms with Crippen LogP contribution in [0.3, 0.4) is 0 Å². The molecule has 0 bridgehead atoms. The molecule has 0 radical (unpaired) electrons. The highest BCUT2D eigenvalue weighted by Gasteiger charge is 2.12. The van der Waals surface area contributed by atoms with Gasteiger partial charge in [-0.05, 0) is 30.2 Å². The predicted molar refractivity (Wildman–Crippen MR) is 118 cm³/mol. The van der Waals surface area contributed by atoms with E-state index in [0.29, 0.717) is 13.1 Å². The Morgan fingerprint density at radius 3 is 2.56 bits per heavy atom. The number of hydrogen-bond acceptors (Lipinski definition) is 4. The summed E-state index contributed by atoms with van der Waals surface area (Å²) in [5.74, 6) is 1.69. The molecule has 6 nitrogen and oxygen atoms in total. The van der Waals surface area contributed by atoms with E-state index >= 15 is 0 Å². The maximum absolute atomic E-state index is 5.44. The molecule has 2 heterocycles. The third kappa shape index (κ3) is 7.15. The molecule has 1 aliphatic heterocycles. The van der Waals surface area contributed by atoms with Crippen LogP contribution in [0.15, 0.2) is 52.1 Å². The molecule has 1 fully saturated rings. The third-order valence-corrected chi connectivity index (χ3v) is 4.38. The standard InChI is InChI=1S/C20H28N4O2.HI/c1-2-21-20(23-15-19-8-5-11-26-19)22-14-17-6-3-4-7-18(17)16-24-9-12-25-13-10-24;/h3-8,11H,2,9-10,12-16H2,1H3,(H2,21,22,23);1H. The summed E-state index contributed by atoms with van der Waals surface area (Å²) in [5.41, 5.74) is 2.59. The van der Waals surface area contributed by atoms with Gasteiger partial charge in [-0.3, -0.25) is 4.90 Å². The minimum absolute atomic E-state index is 0. The smallest absolute Gasteiger partial charge is 0.191 e. The van der Waals surface area contributed by atoms with Gasteiger partial charge in [-0.15, -0.1) is 24.0 Å². The normalized spacial score (nSPS) is 15.2. The van der Waals surface area contributed by atoms with Gasteiger partial charge in [-0.2, -0.15) is 0 Å². The number of rotatable bonds is 7. The van der Waals surface area contributed by atoms with E-state index in [-0.39, 0.29) is 24.0 Å². The van der Waals surface area contributed by atoms with E-state index in [9.17, 15) is 0 Å². The van der Waals surface area contributed by atoms with Crippen molar-refractivity contribution >= 4 is 29.9 Å². The fourth-order valence-electron chi connectivity index (χ4n) is 2.96. The van der Waals surface area contributed by atoms with E-state index < -0.39 is 0 Å². The zero-order chi connectivity index (χ0) is 18.0. The third-order valence-electron chi connectivity index (χ3n) is 4.38. The van der Waals surface area contributed by atoms with Crippen LogP contribution < -0.4 is 10.6 Å². The van der Waals surface area contributed by atoms with Crippen LogP contribution in [-0.4, -0.2) is 43.7 Å². The van der Waals surface area contributed by atoms with Crippen LogP contribution in [0.25, 0.3) is 0 Å². The number of halogens is 1. The lowest BCUT2D eigenvalue weighted by Crippen LogP contribution is -2.37. The van der Waals surface area contributed by atoms with E-state index in [1.54, 1.807) is 6.26 Å². The molecule has 1 saturated heterocycles. The largest absolute Gasteiger partial charge is 0.467 e. The van der Waals surface area contributed by atoms with Gasteiger partial charge in [0.1, 0.15) is 5.76 Å². The van der Waals surface area contributed by atoms with Crippen molar-refractivity contribution in [1.82, 2.24) is 15.5 Å². The lowest BCUT2D eigenvalue weighted by Gasteiger charge is -2.27. The van der Waals surface area contributed by atoms with Gasteiger partial charge in [-0.1, -0.05) is 24.3 Å². The van der Waals surface area contributed by atoms with E-state index in [0.717, 1.165) is 51.1 Å². The summed E-state index contributed by atoms with van der Waals surface area (Å²) in [6, 6.07) is 12.4. The van der Waals surface area contributed by atoms with Crippen LogP contribution in [-0.2, 0) is 24.4 Å². The molecular formula is C20H29IN4O2. The van der Waals surface area contributed by atoms with Crippen LogP contribution in [0.4, 0.5) is 0 Å². The first-order chi connectivity index (χ1) is 12.8. The molecule has 0 aliphatic carbocycles. The Hall–Kier alpha value is -1.58. The molecule has 0 spiro atoms. The monoisotopic (exact) mass is 484 g/mol. The molecule has 148 valence electrons. The van der Waals surface area contributed by atoms with E-state index in [2.05, 4.69) is 46.7 Å². The highest BCUT2D eigenvalue weighted by molar-refractivity contribution is 14.0. The molecule has 0 unspecified atom stereocenters. The van der Waals surface area contributed by atoms with Crippen molar-refractivity contribution < 1.29 is 9.15 Å². The summed E-state index contributed by atoms with van der Waals surface area (Å²) < 4.78 is 10.8. The Labute approximate surface area is 178 Å². The van der Waals surface area contributed by atoms with Crippen LogP contribution in [0.2, 0.25) is 0 Å². The summed E-state index contributed by atoms with van der Waals surface area (Å²) in [6.45, 7) is 8.72. The minimum atomic E-state index is 0. The van der Waals surface area contributed by atoms with Gasteiger partial charge in [0.2, 0.25) is 0 Å². The molecule has 2 aromatic rings. The Morgan fingerprint density at radius 2 is 1.85 bits per heavy atom. The van der Waals surface area contributed by atoms with Crippen molar-refractivity contribution in [3.05, 3.63) is 59.5 Å². The highest BCUT2D eigenvalue weighted by atomic mass is 127. The van der Waals surface area contributed by atoms with E-state index in [1.807, 2.05) is 12.1 Å². The fraction of sp³-hybridized carbons (Fsp3) is 0.450. The lowest BCUT2D eigenvalue weighted by atomic mass is 10.1. The zero-order valence-electron chi connectivity index (χ0n) is 15.8. The molecule has 7 heteroatoms. The van der Waals surface area contributed by atoms with Crippen LogP contribution in [0.1, 0.15) is 23.8 Å². The van der Waals surface area contributed by atoms with Crippen molar-refractivity contribution in [2.24, 2.45) is 4.99 Å². The molecule has 0 atom stereocenters. The van der Waals surface area contributed by atoms with Gasteiger partial charge < -0.3 is 19.8 Å². The molecule has 1 aliphatic rings. The van der Waals surface area contributed by atoms with Crippen molar-refractivity contribution in [2.75, 3.05) is 32.8 Å². The summed E-state index contributed by atoms with van der Waals surface area (Å²) in [7, 11) is 0. The topological polar surface area (TPSA) is 62.0 Å². The number of nitrogens with zero attached hydrogens (tertiary/aromatic N) is 2. The molecule has 0 amide bonds. The molecule has 3 rings (SSSR count). The van der Waals surface area contributed by atoms with Crippen molar-refractivity contribution in [3.63, 3.8) is 0 Å². The van der Waals surface area contributed by atoms with E-state index in [1.165, 1.54) is 11.1 Å². The number of furan rings is 1. The Kier molecular flexibility index (Phi) is 9.65. The molecule has 1 aromatic carbocycles. The summed E-state index contributed by atoms with van der Waals surface area (Å²) in [4.78, 5) is 7.18. The van der Waals surface area contributed by atoms with Crippen LogP contribution >= 0.6 is 24.0 Å². The Bertz CT molecular complexity index is 685. The van der Waals surface area contributed by atoms with Gasteiger partial charge in [-0.25, -0.2) is 4.99 Å². The quantitative estimate of drug-likeness (QED) is 0.360. The highest BCUT2D eigenvalue weighted by Crippen LogP contribution is 2.14. The Balaban J connectivity index is 0.00000261. The first-order valence-electron chi connectivity index (χ1n) is 9.26. The number of benzene rings is 1. The van der Waals surface area contributed by atoms with Crippen LogP contribution in [0, 0.1) is 0 Å². The Morgan fingerprint density at radius 1 is 1.07 bits per heavy atom. The van der Waals surface area contributed by atoms with Crippen LogP contribution in [0.5, 0.6) is 0 Å². The van der Waals surface area contributed by atoms with E-state index in [4.69, 9.17) is 14.1 Å². The first-order valence-corrected chi connectivity index (χ1v) is 9.26. The summed E-state index contributed by atoms with van der Waals surface area (Å²) in [6.07, 6.45) is 1.68. The number of hydrogen-bond donors (Lipinski definition) is 2. The molecule has 2 N–H and O–H groups in total. The molecule has 27 heavy (non-hydrogen) atoms. The second-order valence-electron chi connectivity index (χ2n) is 6.29. The van der Waals surface area contributed by atoms with Crippen molar-refractivity contribution in [2.45, 2.75) is 26.6 Å². The molecule has 1 aromatic heterocycles. The lowest BCUT2D eigenvalue weighted by molar-refractivity contribution is 0.0341. The average molecular weight is 484 g/mol. The number of ether oxygens (including phenoxy) is 1. The first kappa shape index (κ1) is 21.7. The number of morpholine rings is 1. The number of aliphatic imine (C=N–C) groups is 1. The maximum atomic E-state index is 5.44. The van der Waals surface area contributed by atoms with Gasteiger partial charge in [0.05, 0.1) is 32.6 Å². The SMILES string of the molecule is CCNC(=NCc1ccccc1CN1CCOCC1)NCc1ccco1.I. The van der Waals surface area contributed by atoms with Gasteiger partial charge in [0.15, 0.2) is 5.96 Å². The van der Waals surface area contributed by atoms with Gasteiger partial charge in [0.25, 0.3) is 0 Å². The summed E-state index contributed by atoms with van der Waals surface area (Å²) >= 11 is 0. The number of nitrogens with one attached hydrogen (secondary N) is 2. The zero-order valence-corrected chi connectivity index (χ0v) is 18.1. The minimum Gasteiger partial charge on any atom is -0.467 e. The maximum Gasteiger partial charge on any atom is 0.191 e. The second kappa shape index (κ2) is 12.0.